The molecule has 0 aliphatic heterocycles. The van der Waals surface area contributed by atoms with Crippen LogP contribution in [0.3, 0.4) is 0 Å². The molecule has 0 fully saturated rings. The Morgan fingerprint density at radius 3 is 2.52 bits per heavy atom. The van der Waals surface area contributed by atoms with Crippen molar-refractivity contribution in [2.75, 3.05) is 6.79 Å². The van der Waals surface area contributed by atoms with Crippen molar-refractivity contribution in [1.82, 2.24) is 0 Å². The lowest BCUT2D eigenvalue weighted by Gasteiger charge is -2.08. The monoisotopic (exact) mass is 367 g/mol. The summed E-state index contributed by atoms with van der Waals surface area (Å²) in [6, 6.07) is 16.3. The van der Waals surface area contributed by atoms with Gasteiger partial charge >= 0.3 is 5.91 Å². The zero-order chi connectivity index (χ0) is 19.2. The second kappa shape index (κ2) is 8.29. The smallest absolute Gasteiger partial charge is 0.351 e. The number of carbonyl (C=O) groups excluding carboxylic acids is 1. The van der Waals surface area contributed by atoms with E-state index in [0.29, 0.717) is 22.8 Å². The topological polar surface area (TPSA) is 98.3 Å². The molecule has 0 saturated carbocycles. The van der Waals surface area contributed by atoms with E-state index in [9.17, 15) is 9.70 Å². The minimum absolute atomic E-state index is 0.0959. The van der Waals surface area contributed by atoms with Gasteiger partial charge in [0.2, 0.25) is 0 Å². The van der Waals surface area contributed by atoms with E-state index in [1.807, 2.05) is 42.5 Å². The quantitative estimate of drug-likeness (QED) is 0.499. The Hall–Kier alpha value is -3.45. The van der Waals surface area contributed by atoms with Gasteiger partial charge in [0.25, 0.3) is 0 Å². The fourth-order valence-corrected chi connectivity index (χ4v) is 2.56. The maximum absolute atomic E-state index is 11.3. The zero-order valence-corrected chi connectivity index (χ0v) is 14.5. The van der Waals surface area contributed by atoms with Gasteiger partial charge in [-0.05, 0) is 48.4 Å². The third-order valence-corrected chi connectivity index (χ3v) is 3.96. The Bertz CT molecular complexity index is 945. The van der Waals surface area contributed by atoms with Gasteiger partial charge < -0.3 is 19.0 Å². The van der Waals surface area contributed by atoms with Gasteiger partial charge in [-0.3, -0.25) is 4.79 Å². The molecular weight excluding hydrogens is 350 g/mol. The lowest BCUT2D eigenvalue weighted by Crippen LogP contribution is -1.96. The summed E-state index contributed by atoms with van der Waals surface area (Å²) < 4.78 is 16.0. The van der Waals surface area contributed by atoms with E-state index in [1.54, 1.807) is 13.0 Å². The van der Waals surface area contributed by atoms with Crippen molar-refractivity contribution in [1.29, 1.82) is 0 Å². The number of carbonyl (C=O) groups is 1. The van der Waals surface area contributed by atoms with Crippen LogP contribution in [-0.2, 0) is 6.61 Å². The van der Waals surface area contributed by atoms with E-state index < -0.39 is 5.91 Å². The highest BCUT2D eigenvalue weighted by Gasteiger charge is 2.15. The van der Waals surface area contributed by atoms with Crippen molar-refractivity contribution in [2.45, 2.75) is 13.5 Å². The summed E-state index contributed by atoms with van der Waals surface area (Å²) in [5.41, 5.74) is 2.58. The summed E-state index contributed by atoms with van der Waals surface area (Å²) in [7, 11) is 0. The van der Waals surface area contributed by atoms with E-state index >= 15 is 0 Å². The van der Waals surface area contributed by atoms with Crippen molar-refractivity contribution in [3.63, 3.8) is 0 Å². The van der Waals surface area contributed by atoms with E-state index in [2.05, 4.69) is 5.18 Å². The van der Waals surface area contributed by atoms with Gasteiger partial charge in [-0.1, -0.05) is 24.3 Å². The molecule has 7 heteroatoms. The Labute approximate surface area is 155 Å². The number of aliphatic hydroxyl groups excluding tert-OH is 1. The van der Waals surface area contributed by atoms with Gasteiger partial charge in [-0.25, -0.2) is 0 Å². The van der Waals surface area contributed by atoms with Gasteiger partial charge in [0.1, 0.15) is 23.9 Å². The second-order valence-electron chi connectivity index (χ2n) is 5.70. The Morgan fingerprint density at radius 2 is 1.81 bits per heavy atom. The van der Waals surface area contributed by atoms with Crippen molar-refractivity contribution in [3.05, 3.63) is 76.6 Å². The number of benzene rings is 2. The largest absolute Gasteiger partial charge is 0.489 e. The summed E-state index contributed by atoms with van der Waals surface area (Å²) in [5, 5.41) is 11.2. The average Bonchev–Trinajstić information content (AvgIpc) is 3.07. The fraction of sp³-hybridized carbons (Fsp3) is 0.150. The third-order valence-electron chi connectivity index (χ3n) is 3.96. The molecule has 1 N–H and O–H groups in total. The number of ether oxygens (including phenoxy) is 2. The first kappa shape index (κ1) is 18.3. The fourth-order valence-electron chi connectivity index (χ4n) is 2.56. The summed E-state index contributed by atoms with van der Waals surface area (Å²) in [5.74, 6) is 0.686. The minimum Gasteiger partial charge on any atom is -0.489 e. The molecule has 0 atom stereocenters. The van der Waals surface area contributed by atoms with Crippen LogP contribution in [0.25, 0.3) is 11.1 Å². The molecular formula is C20H17NO6. The first-order chi connectivity index (χ1) is 13.1. The maximum atomic E-state index is 11.3. The number of amides is 1. The summed E-state index contributed by atoms with van der Waals surface area (Å²) in [4.78, 5) is 21.6. The van der Waals surface area contributed by atoms with Crippen LogP contribution in [0.2, 0.25) is 0 Å². The predicted octanol–water partition coefficient (Wildman–Crippen LogP) is 4.07. The highest BCUT2D eigenvalue weighted by Crippen LogP contribution is 2.26. The van der Waals surface area contributed by atoms with Crippen LogP contribution in [0.4, 0.5) is 0 Å². The Balaban J connectivity index is 1.68. The standard InChI is InChI=1S/C20H17NO6/c1-13-16(10-19(27-13)20(23)21-24)11-25-17-7-5-14(6-8-17)15-3-2-4-18(9-15)26-12-22/h2-10,22H,11-12H2,1H3. The minimum atomic E-state index is -0.943. The van der Waals surface area contributed by atoms with E-state index in [0.717, 1.165) is 11.1 Å². The van der Waals surface area contributed by atoms with E-state index in [1.165, 1.54) is 6.07 Å². The molecule has 7 nitrogen and oxygen atoms in total. The van der Waals surface area contributed by atoms with Crippen molar-refractivity contribution in [3.8, 4) is 22.6 Å². The van der Waals surface area contributed by atoms with Crippen LogP contribution < -0.4 is 9.47 Å². The summed E-state index contributed by atoms with van der Waals surface area (Å²) in [6.07, 6.45) is 0. The number of furan rings is 1. The molecule has 0 aliphatic rings. The molecule has 0 bridgehead atoms. The van der Waals surface area contributed by atoms with Crippen LogP contribution in [-0.4, -0.2) is 17.8 Å². The van der Waals surface area contributed by atoms with Crippen LogP contribution >= 0.6 is 0 Å². The number of rotatable bonds is 7. The summed E-state index contributed by atoms with van der Waals surface area (Å²) in [6.45, 7) is 1.51. The molecule has 0 saturated heterocycles. The van der Waals surface area contributed by atoms with Gasteiger partial charge in [-0.15, -0.1) is 4.91 Å². The average molecular weight is 367 g/mol. The van der Waals surface area contributed by atoms with Crippen molar-refractivity contribution < 1.29 is 23.8 Å². The van der Waals surface area contributed by atoms with Crippen LogP contribution in [0.5, 0.6) is 11.5 Å². The van der Waals surface area contributed by atoms with E-state index in [4.69, 9.17) is 19.0 Å². The molecule has 3 aromatic rings. The number of aliphatic hydroxyl groups is 1. The molecule has 2 aromatic carbocycles. The maximum Gasteiger partial charge on any atom is 0.351 e. The van der Waals surface area contributed by atoms with E-state index in [-0.39, 0.29) is 19.2 Å². The first-order valence-corrected chi connectivity index (χ1v) is 8.14. The molecule has 3 rings (SSSR count). The zero-order valence-electron chi connectivity index (χ0n) is 14.5. The van der Waals surface area contributed by atoms with Gasteiger partial charge in [-0.2, -0.15) is 0 Å². The number of hydrogen-bond donors (Lipinski definition) is 1. The Morgan fingerprint density at radius 1 is 1.04 bits per heavy atom. The van der Waals surface area contributed by atoms with Crippen molar-refractivity contribution >= 4 is 5.91 Å². The SMILES string of the molecule is Cc1oc(C(=O)N=O)cc1COc1ccc(-c2cccc(OCO)c2)cc1. The molecule has 138 valence electrons. The second-order valence-corrected chi connectivity index (χ2v) is 5.70. The van der Waals surface area contributed by atoms with Crippen LogP contribution in [0.15, 0.2) is 64.2 Å². The molecule has 0 unspecified atom stereocenters. The van der Waals surface area contributed by atoms with Crippen LogP contribution in [0.1, 0.15) is 21.9 Å². The highest BCUT2D eigenvalue weighted by atomic mass is 16.6. The highest BCUT2D eigenvalue weighted by molar-refractivity contribution is 5.92. The molecule has 0 aliphatic carbocycles. The first-order valence-electron chi connectivity index (χ1n) is 8.14. The van der Waals surface area contributed by atoms with Crippen molar-refractivity contribution in [2.24, 2.45) is 5.18 Å². The van der Waals surface area contributed by atoms with Gasteiger partial charge in [0.15, 0.2) is 12.6 Å². The third kappa shape index (κ3) is 4.39. The lowest BCUT2D eigenvalue weighted by atomic mass is 10.1. The van der Waals surface area contributed by atoms with Gasteiger partial charge in [0.05, 0.1) is 0 Å². The predicted molar refractivity (Wildman–Crippen MR) is 97.5 cm³/mol. The molecule has 1 amide bonds. The Kier molecular flexibility index (Phi) is 5.63. The number of nitrogens with zero attached hydrogens (tertiary/aromatic N) is 1. The number of aryl methyl sites for hydroxylation is 1. The molecule has 0 radical (unpaired) electrons. The van der Waals surface area contributed by atoms with Crippen LogP contribution in [0, 0.1) is 11.8 Å². The summed E-state index contributed by atoms with van der Waals surface area (Å²) >= 11 is 0. The number of hydrogen-bond acceptors (Lipinski definition) is 6. The normalized spacial score (nSPS) is 10.4. The molecule has 1 aromatic heterocycles. The molecule has 1 heterocycles. The number of nitroso groups, excluding NO2 is 1. The lowest BCUT2D eigenvalue weighted by molar-refractivity contribution is 0.0971. The molecule has 0 spiro atoms. The molecule has 27 heavy (non-hydrogen) atoms. The van der Waals surface area contributed by atoms with Gasteiger partial charge in [0, 0.05) is 10.7 Å².